The van der Waals surface area contributed by atoms with Crippen LogP contribution in [0, 0.1) is 5.92 Å². The summed E-state index contributed by atoms with van der Waals surface area (Å²) in [5, 5.41) is 2.94. The molecule has 15 heavy (non-hydrogen) atoms. The van der Waals surface area contributed by atoms with Gasteiger partial charge in [0, 0.05) is 24.4 Å². The average molecular weight is 233 g/mol. The maximum absolute atomic E-state index is 11.5. The van der Waals surface area contributed by atoms with Crippen molar-refractivity contribution in [2.24, 2.45) is 5.92 Å². The van der Waals surface area contributed by atoms with E-state index in [0.29, 0.717) is 11.9 Å². The lowest BCUT2D eigenvalue weighted by atomic mass is 10.2. The van der Waals surface area contributed by atoms with Crippen LogP contribution in [0.5, 0.6) is 0 Å². The SMILES string of the molecule is CC(CCl)C(=O)NCC(C)N1CCCC1. The molecule has 2 unspecified atom stereocenters. The second kappa shape index (κ2) is 6.33. The van der Waals surface area contributed by atoms with Crippen LogP contribution in [-0.4, -0.2) is 42.4 Å². The van der Waals surface area contributed by atoms with Gasteiger partial charge in [-0.05, 0) is 32.9 Å². The van der Waals surface area contributed by atoms with Gasteiger partial charge in [0.25, 0.3) is 0 Å². The lowest BCUT2D eigenvalue weighted by molar-refractivity contribution is -0.124. The predicted molar refractivity (Wildman–Crippen MR) is 63.2 cm³/mol. The summed E-state index contributed by atoms with van der Waals surface area (Å²) in [6, 6.07) is 0.443. The number of nitrogens with one attached hydrogen (secondary N) is 1. The van der Waals surface area contributed by atoms with Crippen LogP contribution in [0.3, 0.4) is 0 Å². The van der Waals surface area contributed by atoms with E-state index in [9.17, 15) is 4.79 Å². The Morgan fingerprint density at radius 1 is 1.40 bits per heavy atom. The Morgan fingerprint density at radius 2 is 2.00 bits per heavy atom. The van der Waals surface area contributed by atoms with E-state index in [1.165, 1.54) is 25.9 Å². The van der Waals surface area contributed by atoms with Gasteiger partial charge < -0.3 is 5.32 Å². The van der Waals surface area contributed by atoms with E-state index in [4.69, 9.17) is 11.6 Å². The maximum Gasteiger partial charge on any atom is 0.224 e. The minimum Gasteiger partial charge on any atom is -0.354 e. The smallest absolute Gasteiger partial charge is 0.224 e. The Bertz CT molecular complexity index is 205. The highest BCUT2D eigenvalue weighted by Crippen LogP contribution is 2.10. The van der Waals surface area contributed by atoms with Gasteiger partial charge in [0.1, 0.15) is 0 Å². The van der Waals surface area contributed by atoms with E-state index in [2.05, 4.69) is 17.1 Å². The minimum absolute atomic E-state index is 0.0658. The Labute approximate surface area is 97.2 Å². The van der Waals surface area contributed by atoms with E-state index in [1.54, 1.807) is 0 Å². The van der Waals surface area contributed by atoms with Crippen LogP contribution in [0.15, 0.2) is 0 Å². The minimum atomic E-state index is -0.0857. The van der Waals surface area contributed by atoms with Gasteiger partial charge in [-0.1, -0.05) is 6.92 Å². The molecular formula is C11H21ClN2O. The van der Waals surface area contributed by atoms with Gasteiger partial charge >= 0.3 is 0 Å². The molecule has 1 aliphatic heterocycles. The molecule has 0 radical (unpaired) electrons. The van der Waals surface area contributed by atoms with Crippen molar-refractivity contribution in [2.75, 3.05) is 25.5 Å². The van der Waals surface area contributed by atoms with Gasteiger partial charge in [0.05, 0.1) is 0 Å². The second-order valence-electron chi connectivity index (χ2n) is 4.39. The fraction of sp³-hybridized carbons (Fsp3) is 0.909. The highest BCUT2D eigenvalue weighted by atomic mass is 35.5. The third-order valence-corrected chi connectivity index (χ3v) is 3.48. The fourth-order valence-electron chi connectivity index (χ4n) is 1.80. The molecule has 88 valence electrons. The molecule has 1 N–H and O–H groups in total. The summed E-state index contributed by atoms with van der Waals surface area (Å²) in [4.78, 5) is 13.9. The molecule has 0 aromatic heterocycles. The average Bonchev–Trinajstić information content (AvgIpc) is 2.77. The molecule has 1 aliphatic rings. The van der Waals surface area contributed by atoms with Crippen LogP contribution in [0.4, 0.5) is 0 Å². The van der Waals surface area contributed by atoms with Crippen molar-refractivity contribution >= 4 is 17.5 Å². The Hall–Kier alpha value is -0.280. The molecule has 0 saturated carbocycles. The molecule has 1 fully saturated rings. The largest absolute Gasteiger partial charge is 0.354 e. The third-order valence-electron chi connectivity index (χ3n) is 3.01. The van der Waals surface area contributed by atoms with Crippen LogP contribution in [0.1, 0.15) is 26.7 Å². The van der Waals surface area contributed by atoms with Gasteiger partial charge in [0.15, 0.2) is 0 Å². The number of hydrogen-bond acceptors (Lipinski definition) is 2. The summed E-state index contributed by atoms with van der Waals surface area (Å²) in [5.41, 5.74) is 0. The van der Waals surface area contributed by atoms with Gasteiger partial charge in [0.2, 0.25) is 5.91 Å². The topological polar surface area (TPSA) is 32.3 Å². The summed E-state index contributed by atoms with van der Waals surface area (Å²) in [6.07, 6.45) is 2.58. The summed E-state index contributed by atoms with van der Waals surface area (Å²) in [7, 11) is 0. The molecule has 0 bridgehead atoms. The van der Waals surface area contributed by atoms with Crippen molar-refractivity contribution in [3.8, 4) is 0 Å². The summed E-state index contributed by atoms with van der Waals surface area (Å²) < 4.78 is 0. The quantitative estimate of drug-likeness (QED) is 0.728. The lowest BCUT2D eigenvalue weighted by Gasteiger charge is -2.24. The Kier molecular flexibility index (Phi) is 5.40. The monoisotopic (exact) mass is 232 g/mol. The van der Waals surface area contributed by atoms with E-state index in [1.807, 2.05) is 6.92 Å². The number of hydrogen-bond donors (Lipinski definition) is 1. The molecule has 1 saturated heterocycles. The zero-order chi connectivity index (χ0) is 11.3. The standard InChI is InChI=1S/C11H21ClN2O/c1-9(7-12)11(15)13-8-10(2)14-5-3-4-6-14/h9-10H,3-8H2,1-2H3,(H,13,15). The number of nitrogens with zero attached hydrogens (tertiary/aromatic N) is 1. The zero-order valence-corrected chi connectivity index (χ0v) is 10.4. The number of alkyl halides is 1. The number of halogens is 1. The first kappa shape index (κ1) is 12.8. The van der Waals surface area contributed by atoms with Crippen molar-refractivity contribution in [3.05, 3.63) is 0 Å². The molecule has 1 heterocycles. The van der Waals surface area contributed by atoms with Gasteiger partial charge in [-0.2, -0.15) is 0 Å². The third kappa shape index (κ3) is 3.99. The zero-order valence-electron chi connectivity index (χ0n) is 9.63. The Balaban J connectivity index is 2.20. The summed E-state index contributed by atoms with van der Waals surface area (Å²) in [5.74, 6) is 0.373. The van der Waals surface area contributed by atoms with Crippen LogP contribution >= 0.6 is 11.6 Å². The van der Waals surface area contributed by atoms with E-state index >= 15 is 0 Å². The molecule has 3 nitrogen and oxygen atoms in total. The van der Waals surface area contributed by atoms with E-state index < -0.39 is 0 Å². The summed E-state index contributed by atoms with van der Waals surface area (Å²) >= 11 is 5.62. The van der Waals surface area contributed by atoms with Crippen molar-refractivity contribution in [2.45, 2.75) is 32.7 Å². The van der Waals surface area contributed by atoms with Crippen molar-refractivity contribution < 1.29 is 4.79 Å². The number of likely N-dealkylation sites (tertiary alicyclic amines) is 1. The predicted octanol–water partition coefficient (Wildman–Crippen LogP) is 1.46. The maximum atomic E-state index is 11.5. The van der Waals surface area contributed by atoms with E-state index in [-0.39, 0.29) is 11.8 Å². The molecule has 1 rings (SSSR count). The van der Waals surface area contributed by atoms with Crippen molar-refractivity contribution in [3.63, 3.8) is 0 Å². The van der Waals surface area contributed by atoms with Crippen LogP contribution < -0.4 is 5.32 Å². The fourth-order valence-corrected chi connectivity index (χ4v) is 1.94. The van der Waals surface area contributed by atoms with Crippen molar-refractivity contribution in [1.82, 2.24) is 10.2 Å². The molecule has 0 aromatic carbocycles. The van der Waals surface area contributed by atoms with E-state index in [0.717, 1.165) is 6.54 Å². The lowest BCUT2D eigenvalue weighted by Crippen LogP contribution is -2.42. The first-order valence-electron chi connectivity index (χ1n) is 5.73. The van der Waals surface area contributed by atoms with Gasteiger partial charge in [-0.25, -0.2) is 0 Å². The number of amides is 1. The van der Waals surface area contributed by atoms with Crippen molar-refractivity contribution in [1.29, 1.82) is 0 Å². The molecule has 4 heteroatoms. The first-order chi connectivity index (χ1) is 7.15. The van der Waals surface area contributed by atoms with Crippen LogP contribution in [0.2, 0.25) is 0 Å². The highest BCUT2D eigenvalue weighted by molar-refractivity contribution is 6.19. The second-order valence-corrected chi connectivity index (χ2v) is 4.70. The molecule has 0 spiro atoms. The molecule has 0 aliphatic carbocycles. The molecule has 2 atom stereocenters. The molecule has 1 amide bonds. The first-order valence-corrected chi connectivity index (χ1v) is 6.26. The number of rotatable bonds is 5. The Morgan fingerprint density at radius 3 is 2.53 bits per heavy atom. The van der Waals surface area contributed by atoms with Crippen LogP contribution in [-0.2, 0) is 4.79 Å². The van der Waals surface area contributed by atoms with Gasteiger partial charge in [-0.15, -0.1) is 11.6 Å². The van der Waals surface area contributed by atoms with Crippen LogP contribution in [0.25, 0.3) is 0 Å². The number of carbonyl (C=O) groups is 1. The number of carbonyl (C=O) groups excluding carboxylic acids is 1. The summed E-state index contributed by atoms with van der Waals surface area (Å²) in [6.45, 7) is 7.09. The molecule has 0 aromatic rings. The van der Waals surface area contributed by atoms with Gasteiger partial charge in [-0.3, -0.25) is 9.69 Å². The highest BCUT2D eigenvalue weighted by Gasteiger charge is 2.19. The molecular weight excluding hydrogens is 212 g/mol. The normalized spacial score (nSPS) is 21.3.